The monoisotopic (exact) mass is 445 g/mol. The third-order valence-electron chi connectivity index (χ3n) is 5.34. The molecule has 0 unspecified atom stereocenters. The molecular formula is C22H24BrNO2S. The molecule has 0 N–H and O–H groups in total. The molecule has 1 aromatic heterocycles. The summed E-state index contributed by atoms with van der Waals surface area (Å²) in [6.45, 7) is 1.58. The number of rotatable bonds is 6. The van der Waals surface area contributed by atoms with E-state index >= 15 is 0 Å². The van der Waals surface area contributed by atoms with Crippen LogP contribution < -0.4 is 4.74 Å². The minimum absolute atomic E-state index is 0.581. The van der Waals surface area contributed by atoms with E-state index in [0.29, 0.717) is 11.8 Å². The van der Waals surface area contributed by atoms with Gasteiger partial charge >= 0.3 is 0 Å². The van der Waals surface area contributed by atoms with E-state index < -0.39 is 0 Å². The highest BCUT2D eigenvalue weighted by Gasteiger charge is 2.25. The lowest BCUT2D eigenvalue weighted by Gasteiger charge is -2.27. The molecule has 0 saturated heterocycles. The van der Waals surface area contributed by atoms with Crippen LogP contribution in [-0.2, 0) is 11.3 Å². The van der Waals surface area contributed by atoms with Gasteiger partial charge in [-0.25, -0.2) is 4.98 Å². The number of nitrogens with zero attached hydrogens (tertiary/aromatic N) is 1. The maximum absolute atomic E-state index is 5.95. The molecule has 0 spiro atoms. The third kappa shape index (κ3) is 4.53. The summed E-state index contributed by atoms with van der Waals surface area (Å²) >= 11 is 5.40. The summed E-state index contributed by atoms with van der Waals surface area (Å²) < 4.78 is 13.6. The highest BCUT2D eigenvalue weighted by molar-refractivity contribution is 9.10. The molecule has 0 amide bonds. The first-order chi connectivity index (χ1) is 13.2. The Labute approximate surface area is 172 Å². The van der Waals surface area contributed by atoms with Gasteiger partial charge in [-0.3, -0.25) is 0 Å². The second kappa shape index (κ2) is 8.72. The van der Waals surface area contributed by atoms with Gasteiger partial charge in [0.15, 0.2) is 0 Å². The van der Waals surface area contributed by atoms with Crippen molar-refractivity contribution in [2.45, 2.75) is 38.2 Å². The summed E-state index contributed by atoms with van der Waals surface area (Å²) in [4.78, 5) is 4.90. The van der Waals surface area contributed by atoms with Crippen molar-refractivity contribution < 1.29 is 9.47 Å². The lowest BCUT2D eigenvalue weighted by atomic mass is 9.83. The Hall–Kier alpha value is -1.43. The van der Waals surface area contributed by atoms with Crippen LogP contribution in [0.1, 0.15) is 42.2 Å². The molecule has 27 heavy (non-hydrogen) atoms. The number of ether oxygens (including phenoxy) is 2. The zero-order chi connectivity index (χ0) is 18.6. The van der Waals surface area contributed by atoms with E-state index in [1.54, 1.807) is 7.11 Å². The van der Waals surface area contributed by atoms with E-state index in [0.717, 1.165) is 29.0 Å². The molecule has 4 rings (SSSR count). The molecule has 142 valence electrons. The first-order valence-corrected chi connectivity index (χ1v) is 11.1. The number of hydrogen-bond acceptors (Lipinski definition) is 4. The van der Waals surface area contributed by atoms with Crippen molar-refractivity contribution >= 4 is 37.5 Å². The number of fused-ring (bicyclic) bond motifs is 1. The van der Waals surface area contributed by atoms with Gasteiger partial charge in [0.2, 0.25) is 0 Å². The Kier molecular flexibility index (Phi) is 6.11. The van der Waals surface area contributed by atoms with Gasteiger partial charge in [0.25, 0.3) is 0 Å². The second-order valence-electron chi connectivity index (χ2n) is 7.22. The van der Waals surface area contributed by atoms with Crippen molar-refractivity contribution in [3.05, 3.63) is 57.5 Å². The molecule has 1 saturated carbocycles. The van der Waals surface area contributed by atoms with E-state index in [2.05, 4.69) is 46.3 Å². The molecule has 0 bridgehead atoms. The van der Waals surface area contributed by atoms with Crippen LogP contribution in [0.2, 0.25) is 0 Å². The topological polar surface area (TPSA) is 31.4 Å². The number of methoxy groups -OCH3 is 1. The Morgan fingerprint density at radius 1 is 1.11 bits per heavy atom. The van der Waals surface area contributed by atoms with Crippen LogP contribution in [-0.4, -0.2) is 18.7 Å². The average Bonchev–Trinajstić information content (AvgIpc) is 3.11. The van der Waals surface area contributed by atoms with Crippen molar-refractivity contribution in [3.8, 4) is 5.75 Å². The summed E-state index contributed by atoms with van der Waals surface area (Å²) in [5.41, 5.74) is 2.30. The lowest BCUT2D eigenvalue weighted by molar-refractivity contribution is 0.0716. The van der Waals surface area contributed by atoms with Crippen molar-refractivity contribution in [1.82, 2.24) is 4.98 Å². The molecule has 3 nitrogen and oxygen atoms in total. The quantitative estimate of drug-likeness (QED) is 0.430. The lowest BCUT2D eigenvalue weighted by Crippen LogP contribution is -2.17. The maximum Gasteiger partial charge on any atom is 0.135 e. The van der Waals surface area contributed by atoms with E-state index in [-0.39, 0.29) is 0 Å². The number of halogens is 1. The minimum Gasteiger partial charge on any atom is -0.495 e. The summed E-state index contributed by atoms with van der Waals surface area (Å²) in [7, 11) is 1.69. The first-order valence-electron chi connectivity index (χ1n) is 9.48. The molecule has 0 aliphatic heterocycles. The molecule has 2 aromatic carbocycles. The van der Waals surface area contributed by atoms with Crippen LogP contribution >= 0.6 is 27.3 Å². The predicted molar refractivity (Wildman–Crippen MR) is 115 cm³/mol. The van der Waals surface area contributed by atoms with Crippen LogP contribution in [0.15, 0.2) is 46.9 Å². The maximum atomic E-state index is 5.95. The fraction of sp³-hybridized carbons (Fsp3) is 0.409. The Morgan fingerprint density at radius 2 is 1.89 bits per heavy atom. The van der Waals surface area contributed by atoms with Crippen molar-refractivity contribution in [1.29, 1.82) is 0 Å². The first kappa shape index (κ1) is 18.9. The van der Waals surface area contributed by atoms with Crippen LogP contribution in [0.5, 0.6) is 5.75 Å². The molecule has 0 atom stereocenters. The van der Waals surface area contributed by atoms with Crippen molar-refractivity contribution in [2.75, 3.05) is 13.7 Å². The average molecular weight is 446 g/mol. The standard InChI is InChI=1S/C22H24BrNO2S/c1-25-20-12-19-21(11-18(20)23)27-22(24-19)17-9-7-16(8-10-17)14-26-13-15-5-3-2-4-6-15/h2-6,11-12,16-17H,7-10,13-14H2,1H3/t16-,17-. The van der Waals surface area contributed by atoms with Gasteiger partial charge in [-0.2, -0.15) is 0 Å². The largest absolute Gasteiger partial charge is 0.495 e. The van der Waals surface area contributed by atoms with Gasteiger partial charge in [-0.15, -0.1) is 11.3 Å². The van der Waals surface area contributed by atoms with Gasteiger partial charge in [0.05, 0.1) is 33.4 Å². The zero-order valence-electron chi connectivity index (χ0n) is 15.5. The molecule has 0 radical (unpaired) electrons. The minimum atomic E-state index is 0.581. The smallest absolute Gasteiger partial charge is 0.135 e. The van der Waals surface area contributed by atoms with Gasteiger partial charge in [-0.05, 0) is 59.2 Å². The Bertz CT molecular complexity index is 888. The molecule has 1 fully saturated rings. The number of aromatic nitrogens is 1. The summed E-state index contributed by atoms with van der Waals surface area (Å²) in [5, 5.41) is 1.27. The second-order valence-corrected chi connectivity index (χ2v) is 9.14. The molecule has 5 heteroatoms. The van der Waals surface area contributed by atoms with E-state index in [9.17, 15) is 0 Å². The Balaban J connectivity index is 1.31. The number of benzene rings is 2. The highest BCUT2D eigenvalue weighted by atomic mass is 79.9. The molecule has 1 aliphatic rings. The SMILES string of the molecule is COc1cc2nc([C@H]3CC[C@H](COCc4ccccc4)CC3)sc2cc1Br. The van der Waals surface area contributed by atoms with Gasteiger partial charge < -0.3 is 9.47 Å². The van der Waals surface area contributed by atoms with E-state index in [1.165, 1.54) is 41.0 Å². The third-order valence-corrected chi connectivity index (χ3v) is 7.14. The fourth-order valence-electron chi connectivity index (χ4n) is 3.77. The van der Waals surface area contributed by atoms with Crippen LogP contribution in [0.3, 0.4) is 0 Å². The van der Waals surface area contributed by atoms with Crippen molar-refractivity contribution in [2.24, 2.45) is 5.92 Å². The summed E-state index contributed by atoms with van der Waals surface area (Å²) in [5.74, 6) is 2.10. The molecule has 3 aromatic rings. The van der Waals surface area contributed by atoms with E-state index in [1.807, 2.05) is 23.5 Å². The van der Waals surface area contributed by atoms with Crippen LogP contribution in [0.25, 0.3) is 10.2 Å². The summed E-state index contributed by atoms with van der Waals surface area (Å²) in [6.07, 6.45) is 4.86. The van der Waals surface area contributed by atoms with Crippen LogP contribution in [0.4, 0.5) is 0 Å². The zero-order valence-corrected chi connectivity index (χ0v) is 17.9. The fourth-order valence-corrected chi connectivity index (χ4v) is 5.59. The predicted octanol–water partition coefficient (Wildman–Crippen LogP) is 6.56. The normalized spacial score (nSPS) is 20.1. The number of hydrogen-bond donors (Lipinski definition) is 0. The molecule has 1 aliphatic carbocycles. The van der Waals surface area contributed by atoms with Crippen LogP contribution in [0, 0.1) is 5.92 Å². The summed E-state index contributed by atoms with van der Waals surface area (Å²) in [6, 6.07) is 14.6. The van der Waals surface area contributed by atoms with Gasteiger partial charge in [0.1, 0.15) is 5.75 Å². The van der Waals surface area contributed by atoms with Gasteiger partial charge in [-0.1, -0.05) is 30.3 Å². The van der Waals surface area contributed by atoms with Crippen molar-refractivity contribution in [3.63, 3.8) is 0 Å². The highest BCUT2D eigenvalue weighted by Crippen LogP contribution is 2.41. The van der Waals surface area contributed by atoms with E-state index in [4.69, 9.17) is 14.5 Å². The molecule has 1 heterocycles. The Morgan fingerprint density at radius 3 is 2.63 bits per heavy atom. The number of thiazole rings is 1. The van der Waals surface area contributed by atoms with Gasteiger partial charge in [0, 0.05) is 18.6 Å². The molecular weight excluding hydrogens is 422 g/mol.